The highest BCUT2D eigenvalue weighted by Gasteiger charge is 2.30. The van der Waals surface area contributed by atoms with Crippen LogP contribution in [0.5, 0.6) is 0 Å². The Morgan fingerprint density at radius 1 is 1.14 bits per heavy atom. The maximum absolute atomic E-state index is 12.9. The van der Waals surface area contributed by atoms with Crippen LogP contribution >= 0.6 is 0 Å². The molecule has 1 aromatic carbocycles. The molecule has 0 spiro atoms. The van der Waals surface area contributed by atoms with Crippen molar-refractivity contribution in [1.29, 1.82) is 0 Å². The minimum absolute atomic E-state index is 0.00761. The smallest absolute Gasteiger partial charge is 0.321 e. The standard InChI is InChI=1S/C19H30N4O4S/c1-5-16(4)20-19(25)21-18(24)13-22-8-10-23(11-9-22)28(26,27)17-7-6-14(2)12-15(17)3/h6-7,12,16H,5,8-11,13H2,1-4H3,(H2,20,21,24,25)/t16-/m1/s1. The number of rotatable bonds is 6. The predicted octanol–water partition coefficient (Wildman–Crippen LogP) is 1.23. The molecule has 156 valence electrons. The largest absolute Gasteiger partial charge is 0.335 e. The lowest BCUT2D eigenvalue weighted by Gasteiger charge is -2.33. The molecule has 28 heavy (non-hydrogen) atoms. The molecule has 0 aromatic heterocycles. The summed E-state index contributed by atoms with van der Waals surface area (Å²) in [4.78, 5) is 25.9. The maximum Gasteiger partial charge on any atom is 0.321 e. The fraction of sp³-hybridized carbons (Fsp3) is 0.579. The highest BCUT2D eigenvalue weighted by Crippen LogP contribution is 2.22. The molecular formula is C19H30N4O4S. The first kappa shape index (κ1) is 22.3. The summed E-state index contributed by atoms with van der Waals surface area (Å²) in [5.41, 5.74) is 1.75. The summed E-state index contributed by atoms with van der Waals surface area (Å²) in [6.45, 7) is 9.07. The summed E-state index contributed by atoms with van der Waals surface area (Å²) in [5.74, 6) is -0.397. The molecule has 0 saturated carbocycles. The van der Waals surface area contributed by atoms with Crippen LogP contribution in [0.3, 0.4) is 0 Å². The molecule has 2 N–H and O–H groups in total. The Kier molecular flexibility index (Phi) is 7.56. The molecule has 1 aromatic rings. The van der Waals surface area contributed by atoms with E-state index in [-0.39, 0.29) is 12.6 Å². The number of sulfonamides is 1. The lowest BCUT2D eigenvalue weighted by Crippen LogP contribution is -2.52. The number of amides is 3. The van der Waals surface area contributed by atoms with Crippen molar-refractivity contribution in [1.82, 2.24) is 19.8 Å². The van der Waals surface area contributed by atoms with Crippen molar-refractivity contribution < 1.29 is 18.0 Å². The van der Waals surface area contributed by atoms with Crippen LogP contribution in [0.4, 0.5) is 4.79 Å². The van der Waals surface area contributed by atoms with Gasteiger partial charge in [-0.1, -0.05) is 24.6 Å². The fourth-order valence-electron chi connectivity index (χ4n) is 3.09. The summed E-state index contributed by atoms with van der Waals surface area (Å²) < 4.78 is 27.3. The Hall–Kier alpha value is -1.97. The summed E-state index contributed by atoms with van der Waals surface area (Å²) in [6, 6.07) is 4.79. The Labute approximate surface area is 167 Å². The molecule has 8 nitrogen and oxygen atoms in total. The first-order valence-corrected chi connectivity index (χ1v) is 11.0. The summed E-state index contributed by atoms with van der Waals surface area (Å²) in [7, 11) is -3.55. The summed E-state index contributed by atoms with van der Waals surface area (Å²) in [5, 5.41) is 4.99. The van der Waals surface area contributed by atoms with Gasteiger partial charge in [-0.3, -0.25) is 15.0 Å². The fourth-order valence-corrected chi connectivity index (χ4v) is 4.72. The highest BCUT2D eigenvalue weighted by atomic mass is 32.2. The minimum atomic E-state index is -3.55. The number of aryl methyl sites for hydroxylation is 2. The van der Waals surface area contributed by atoms with Gasteiger partial charge in [0.25, 0.3) is 0 Å². The SMILES string of the molecule is CC[C@@H](C)NC(=O)NC(=O)CN1CCN(S(=O)(=O)c2ccc(C)cc2C)CC1. The van der Waals surface area contributed by atoms with Gasteiger partial charge in [0.2, 0.25) is 15.9 Å². The van der Waals surface area contributed by atoms with Crippen LogP contribution in [0, 0.1) is 13.8 Å². The number of urea groups is 1. The number of carbonyl (C=O) groups is 2. The van der Waals surface area contributed by atoms with Crippen LogP contribution in [0.25, 0.3) is 0 Å². The van der Waals surface area contributed by atoms with Crippen molar-refractivity contribution in [2.45, 2.75) is 45.1 Å². The van der Waals surface area contributed by atoms with Gasteiger partial charge >= 0.3 is 6.03 Å². The van der Waals surface area contributed by atoms with Crippen molar-refractivity contribution in [3.05, 3.63) is 29.3 Å². The molecule has 9 heteroatoms. The zero-order chi connectivity index (χ0) is 20.9. The van der Waals surface area contributed by atoms with Crippen LogP contribution in [0.2, 0.25) is 0 Å². The molecule has 0 radical (unpaired) electrons. The van der Waals surface area contributed by atoms with Crippen LogP contribution < -0.4 is 10.6 Å². The average molecular weight is 411 g/mol. The van der Waals surface area contributed by atoms with Gasteiger partial charge in [-0.05, 0) is 38.8 Å². The van der Waals surface area contributed by atoms with Gasteiger partial charge in [0.05, 0.1) is 11.4 Å². The zero-order valence-corrected chi connectivity index (χ0v) is 17.8. The second-order valence-corrected chi connectivity index (χ2v) is 9.19. The van der Waals surface area contributed by atoms with E-state index in [1.54, 1.807) is 19.1 Å². The first-order valence-electron chi connectivity index (χ1n) is 9.53. The number of nitrogens with zero attached hydrogens (tertiary/aromatic N) is 2. The lowest BCUT2D eigenvalue weighted by molar-refractivity contribution is -0.121. The van der Waals surface area contributed by atoms with Crippen LogP contribution in [0.15, 0.2) is 23.1 Å². The van der Waals surface area contributed by atoms with E-state index in [1.165, 1.54) is 4.31 Å². The number of piperazine rings is 1. The second-order valence-electron chi connectivity index (χ2n) is 7.28. The van der Waals surface area contributed by atoms with Crippen molar-refractivity contribution in [3.63, 3.8) is 0 Å². The number of nitrogens with one attached hydrogen (secondary N) is 2. The van der Waals surface area contributed by atoms with Gasteiger partial charge in [0.1, 0.15) is 0 Å². The second kappa shape index (κ2) is 9.49. The molecule has 2 rings (SSSR count). The van der Waals surface area contributed by atoms with Crippen molar-refractivity contribution in [2.24, 2.45) is 0 Å². The monoisotopic (exact) mass is 410 g/mol. The number of imide groups is 1. The van der Waals surface area contributed by atoms with E-state index in [1.807, 2.05) is 31.7 Å². The number of carbonyl (C=O) groups excluding carboxylic acids is 2. The lowest BCUT2D eigenvalue weighted by atomic mass is 10.2. The predicted molar refractivity (Wildman–Crippen MR) is 108 cm³/mol. The van der Waals surface area contributed by atoms with Crippen LogP contribution in [-0.2, 0) is 14.8 Å². The molecule has 1 saturated heterocycles. The molecule has 1 atom stereocenters. The van der Waals surface area contributed by atoms with E-state index in [4.69, 9.17) is 0 Å². The quantitative estimate of drug-likeness (QED) is 0.735. The Morgan fingerprint density at radius 3 is 2.36 bits per heavy atom. The van der Waals surface area contributed by atoms with Gasteiger partial charge in [-0.2, -0.15) is 4.31 Å². The maximum atomic E-state index is 12.9. The average Bonchev–Trinajstić information content (AvgIpc) is 2.61. The Balaban J connectivity index is 1.88. The van der Waals surface area contributed by atoms with Crippen molar-refractivity contribution >= 4 is 22.0 Å². The van der Waals surface area contributed by atoms with E-state index < -0.39 is 22.0 Å². The van der Waals surface area contributed by atoms with E-state index in [0.717, 1.165) is 17.5 Å². The normalized spacial score (nSPS) is 17.1. The van der Waals surface area contributed by atoms with Gasteiger partial charge in [0.15, 0.2) is 0 Å². The van der Waals surface area contributed by atoms with E-state index in [9.17, 15) is 18.0 Å². The molecule has 1 aliphatic rings. The molecule has 0 unspecified atom stereocenters. The summed E-state index contributed by atoms with van der Waals surface area (Å²) in [6.07, 6.45) is 0.776. The van der Waals surface area contributed by atoms with E-state index >= 15 is 0 Å². The molecular weight excluding hydrogens is 380 g/mol. The van der Waals surface area contributed by atoms with Gasteiger partial charge in [-0.25, -0.2) is 13.2 Å². The topological polar surface area (TPSA) is 98.8 Å². The Morgan fingerprint density at radius 2 is 1.79 bits per heavy atom. The summed E-state index contributed by atoms with van der Waals surface area (Å²) >= 11 is 0. The van der Waals surface area contributed by atoms with Gasteiger partial charge in [-0.15, -0.1) is 0 Å². The van der Waals surface area contributed by atoms with Gasteiger partial charge < -0.3 is 5.32 Å². The van der Waals surface area contributed by atoms with E-state index in [2.05, 4.69) is 10.6 Å². The number of benzene rings is 1. The number of hydrogen-bond donors (Lipinski definition) is 2. The molecule has 1 heterocycles. The third-order valence-corrected chi connectivity index (χ3v) is 6.95. The first-order chi connectivity index (χ1) is 13.1. The molecule has 1 aliphatic heterocycles. The van der Waals surface area contributed by atoms with Gasteiger partial charge in [0, 0.05) is 32.2 Å². The zero-order valence-electron chi connectivity index (χ0n) is 17.0. The molecule has 0 aliphatic carbocycles. The third-order valence-electron chi connectivity index (χ3n) is 4.89. The molecule has 0 bridgehead atoms. The van der Waals surface area contributed by atoms with Crippen molar-refractivity contribution in [3.8, 4) is 0 Å². The third kappa shape index (κ3) is 5.76. The van der Waals surface area contributed by atoms with Crippen LogP contribution in [-0.4, -0.2) is 68.3 Å². The molecule has 1 fully saturated rings. The van der Waals surface area contributed by atoms with Crippen LogP contribution in [0.1, 0.15) is 31.4 Å². The molecule has 3 amide bonds. The minimum Gasteiger partial charge on any atom is -0.335 e. The Bertz CT molecular complexity index is 817. The van der Waals surface area contributed by atoms with E-state index in [0.29, 0.717) is 31.1 Å². The number of hydrogen-bond acceptors (Lipinski definition) is 5. The van der Waals surface area contributed by atoms with Crippen molar-refractivity contribution in [2.75, 3.05) is 32.7 Å². The highest BCUT2D eigenvalue weighted by molar-refractivity contribution is 7.89.